The van der Waals surface area contributed by atoms with E-state index < -0.39 is 0 Å². The van der Waals surface area contributed by atoms with Crippen molar-refractivity contribution < 1.29 is 4.79 Å². The molecule has 1 heterocycles. The average Bonchev–Trinajstić information content (AvgIpc) is 2.89. The summed E-state index contributed by atoms with van der Waals surface area (Å²) in [6.07, 6.45) is 0.916. The number of benzene rings is 2. The summed E-state index contributed by atoms with van der Waals surface area (Å²) in [6.45, 7) is 2.12. The first-order chi connectivity index (χ1) is 10.2. The van der Waals surface area contributed by atoms with Gasteiger partial charge < -0.3 is 5.73 Å². The average molecular weight is 298 g/mol. The first-order valence-electron chi connectivity index (χ1n) is 7.07. The van der Waals surface area contributed by atoms with Gasteiger partial charge in [-0.05, 0) is 35.7 Å². The fourth-order valence-electron chi connectivity index (χ4n) is 2.64. The van der Waals surface area contributed by atoms with Gasteiger partial charge in [-0.15, -0.1) is 11.8 Å². The molecule has 1 atom stereocenters. The predicted molar refractivity (Wildman–Crippen MR) is 89.4 cm³/mol. The fourth-order valence-corrected chi connectivity index (χ4v) is 3.81. The van der Waals surface area contributed by atoms with Crippen LogP contribution in [-0.2, 0) is 11.2 Å². The van der Waals surface area contributed by atoms with Gasteiger partial charge in [-0.25, -0.2) is 0 Å². The van der Waals surface area contributed by atoms with Crippen LogP contribution < -0.4 is 10.6 Å². The Hall–Kier alpha value is -1.94. The van der Waals surface area contributed by atoms with Crippen molar-refractivity contribution in [3.8, 4) is 0 Å². The third-order valence-corrected chi connectivity index (χ3v) is 4.93. The SMILES string of the molecule is CCc1ccccc1N1C(=O)CSC1c1ccc(N)cc1. The molecule has 1 aliphatic heterocycles. The number of para-hydroxylation sites is 1. The van der Waals surface area contributed by atoms with Crippen LogP contribution >= 0.6 is 11.8 Å². The molecular weight excluding hydrogens is 280 g/mol. The van der Waals surface area contributed by atoms with E-state index in [0.29, 0.717) is 5.75 Å². The molecule has 1 unspecified atom stereocenters. The molecule has 3 nitrogen and oxygen atoms in total. The smallest absolute Gasteiger partial charge is 0.238 e. The van der Waals surface area contributed by atoms with Crippen LogP contribution in [0.1, 0.15) is 23.4 Å². The van der Waals surface area contributed by atoms with Crippen molar-refractivity contribution in [2.24, 2.45) is 0 Å². The highest BCUT2D eigenvalue weighted by Crippen LogP contribution is 2.42. The van der Waals surface area contributed by atoms with Crippen LogP contribution in [-0.4, -0.2) is 11.7 Å². The molecule has 1 fully saturated rings. The lowest BCUT2D eigenvalue weighted by molar-refractivity contribution is -0.115. The second-order valence-electron chi connectivity index (χ2n) is 5.08. The van der Waals surface area contributed by atoms with E-state index in [9.17, 15) is 4.79 Å². The number of carbonyl (C=O) groups excluding carboxylic acids is 1. The molecule has 2 aromatic carbocycles. The summed E-state index contributed by atoms with van der Waals surface area (Å²) in [5.41, 5.74) is 9.84. The van der Waals surface area contributed by atoms with Gasteiger partial charge in [0.25, 0.3) is 0 Å². The summed E-state index contributed by atoms with van der Waals surface area (Å²) in [6, 6.07) is 15.9. The number of nitrogens with two attached hydrogens (primary N) is 1. The van der Waals surface area contributed by atoms with Gasteiger partial charge in [-0.1, -0.05) is 37.3 Å². The Labute approximate surface area is 129 Å². The number of amides is 1. The molecule has 21 heavy (non-hydrogen) atoms. The molecule has 0 aliphatic carbocycles. The van der Waals surface area contributed by atoms with Crippen molar-refractivity contribution in [1.29, 1.82) is 0 Å². The maximum atomic E-state index is 12.4. The van der Waals surface area contributed by atoms with E-state index in [4.69, 9.17) is 5.73 Å². The van der Waals surface area contributed by atoms with Crippen molar-refractivity contribution in [2.75, 3.05) is 16.4 Å². The third-order valence-electron chi connectivity index (χ3n) is 3.72. The second kappa shape index (κ2) is 5.82. The molecule has 4 heteroatoms. The lowest BCUT2D eigenvalue weighted by Gasteiger charge is -2.26. The van der Waals surface area contributed by atoms with E-state index >= 15 is 0 Å². The zero-order valence-corrected chi connectivity index (χ0v) is 12.8. The van der Waals surface area contributed by atoms with Gasteiger partial charge in [-0.2, -0.15) is 0 Å². The molecular formula is C17H18N2OS. The predicted octanol–water partition coefficient (Wildman–Crippen LogP) is 3.61. The molecule has 1 aliphatic rings. The minimum Gasteiger partial charge on any atom is -0.399 e. The van der Waals surface area contributed by atoms with Gasteiger partial charge in [-0.3, -0.25) is 9.69 Å². The number of hydrogen-bond donors (Lipinski definition) is 1. The minimum atomic E-state index is 0.0331. The molecule has 0 aromatic heterocycles. The van der Waals surface area contributed by atoms with Gasteiger partial charge >= 0.3 is 0 Å². The minimum absolute atomic E-state index is 0.0331. The summed E-state index contributed by atoms with van der Waals surface area (Å²) < 4.78 is 0. The summed E-state index contributed by atoms with van der Waals surface area (Å²) in [5, 5.41) is 0.0331. The normalized spacial score (nSPS) is 18.2. The Morgan fingerprint density at radius 3 is 2.62 bits per heavy atom. The number of nitrogen functional groups attached to an aromatic ring is 1. The van der Waals surface area contributed by atoms with Crippen molar-refractivity contribution in [3.63, 3.8) is 0 Å². The quantitative estimate of drug-likeness (QED) is 0.881. The van der Waals surface area contributed by atoms with Crippen molar-refractivity contribution in [3.05, 3.63) is 59.7 Å². The molecule has 108 valence electrons. The monoisotopic (exact) mass is 298 g/mol. The van der Waals surface area contributed by atoms with Crippen LogP contribution in [0.25, 0.3) is 0 Å². The topological polar surface area (TPSA) is 46.3 Å². The van der Waals surface area contributed by atoms with E-state index in [0.717, 1.165) is 23.4 Å². The Bertz CT molecular complexity index is 654. The van der Waals surface area contributed by atoms with E-state index in [1.165, 1.54) is 5.56 Å². The molecule has 0 radical (unpaired) electrons. The maximum Gasteiger partial charge on any atom is 0.238 e. The van der Waals surface area contributed by atoms with E-state index in [1.807, 2.05) is 47.4 Å². The highest BCUT2D eigenvalue weighted by Gasteiger charge is 2.34. The summed E-state index contributed by atoms with van der Waals surface area (Å²) >= 11 is 1.67. The summed E-state index contributed by atoms with van der Waals surface area (Å²) in [7, 11) is 0. The Morgan fingerprint density at radius 2 is 1.90 bits per heavy atom. The van der Waals surface area contributed by atoms with Crippen molar-refractivity contribution >= 4 is 29.0 Å². The molecule has 2 aromatic rings. The highest BCUT2D eigenvalue weighted by molar-refractivity contribution is 8.00. The Balaban J connectivity index is 2.01. The van der Waals surface area contributed by atoms with Crippen LogP contribution in [0.15, 0.2) is 48.5 Å². The van der Waals surface area contributed by atoms with Crippen LogP contribution in [0.2, 0.25) is 0 Å². The summed E-state index contributed by atoms with van der Waals surface area (Å²) in [5.74, 6) is 0.690. The van der Waals surface area contributed by atoms with Gasteiger partial charge in [0.1, 0.15) is 5.37 Å². The van der Waals surface area contributed by atoms with Crippen LogP contribution in [0.3, 0.4) is 0 Å². The van der Waals surface area contributed by atoms with E-state index in [1.54, 1.807) is 11.8 Å². The Morgan fingerprint density at radius 1 is 1.19 bits per heavy atom. The Kier molecular flexibility index (Phi) is 3.88. The second-order valence-corrected chi connectivity index (χ2v) is 6.14. The first kappa shape index (κ1) is 14.0. The zero-order valence-electron chi connectivity index (χ0n) is 12.0. The first-order valence-corrected chi connectivity index (χ1v) is 8.12. The lowest BCUT2D eigenvalue weighted by atomic mass is 10.1. The van der Waals surface area contributed by atoms with Gasteiger partial charge in [0.15, 0.2) is 0 Å². The molecule has 0 spiro atoms. The maximum absolute atomic E-state index is 12.4. The van der Waals surface area contributed by atoms with Crippen LogP contribution in [0.5, 0.6) is 0 Å². The number of anilines is 2. The molecule has 0 saturated carbocycles. The number of nitrogens with zero attached hydrogens (tertiary/aromatic N) is 1. The molecule has 1 saturated heterocycles. The van der Waals surface area contributed by atoms with Gasteiger partial charge in [0.2, 0.25) is 5.91 Å². The molecule has 0 bridgehead atoms. The highest BCUT2D eigenvalue weighted by atomic mass is 32.2. The number of rotatable bonds is 3. The number of thioether (sulfide) groups is 1. The van der Waals surface area contributed by atoms with Crippen molar-refractivity contribution in [1.82, 2.24) is 0 Å². The number of hydrogen-bond acceptors (Lipinski definition) is 3. The lowest BCUT2D eigenvalue weighted by Crippen LogP contribution is -2.28. The number of aryl methyl sites for hydroxylation is 1. The molecule has 2 N–H and O–H groups in total. The van der Waals surface area contributed by atoms with Crippen LogP contribution in [0, 0.1) is 0 Å². The largest absolute Gasteiger partial charge is 0.399 e. The van der Waals surface area contributed by atoms with Gasteiger partial charge in [0, 0.05) is 11.4 Å². The van der Waals surface area contributed by atoms with Crippen molar-refractivity contribution in [2.45, 2.75) is 18.7 Å². The van der Waals surface area contributed by atoms with Gasteiger partial charge in [0.05, 0.1) is 5.75 Å². The van der Waals surface area contributed by atoms with Crippen LogP contribution in [0.4, 0.5) is 11.4 Å². The third kappa shape index (κ3) is 2.63. The van der Waals surface area contributed by atoms with E-state index in [2.05, 4.69) is 13.0 Å². The standard InChI is InChI=1S/C17H18N2OS/c1-2-12-5-3-4-6-15(12)19-16(20)11-21-17(19)13-7-9-14(18)10-8-13/h3-10,17H,2,11,18H2,1H3. The summed E-state index contributed by atoms with van der Waals surface area (Å²) in [4.78, 5) is 14.3. The zero-order chi connectivity index (χ0) is 14.8. The molecule has 1 amide bonds. The molecule has 3 rings (SSSR count). The van der Waals surface area contributed by atoms with E-state index in [-0.39, 0.29) is 11.3 Å². The fraction of sp³-hybridized carbons (Fsp3) is 0.235. The number of carbonyl (C=O) groups is 1.